The van der Waals surface area contributed by atoms with Crippen molar-refractivity contribution in [3.8, 4) is 0 Å². The summed E-state index contributed by atoms with van der Waals surface area (Å²) in [5.74, 6) is 1.37. The summed E-state index contributed by atoms with van der Waals surface area (Å²) in [7, 11) is 0. The maximum absolute atomic E-state index is 9.76. The number of aliphatic hydroxyl groups excluding tert-OH is 1. The SMILES string of the molecule is CCCCCCCCC(C)OC(CCCCCCCN(CCO)CCCCCCCC(=C1CCC1)N(CCCCCCCC)CCCCCCCC)=C1CCC1. The van der Waals surface area contributed by atoms with Gasteiger partial charge in [0.25, 0.3) is 0 Å². The van der Waals surface area contributed by atoms with E-state index in [0.29, 0.717) is 12.7 Å². The van der Waals surface area contributed by atoms with Crippen molar-refractivity contribution in [2.75, 3.05) is 39.3 Å². The molecule has 2 aliphatic rings. The first-order valence-corrected chi connectivity index (χ1v) is 25.8. The van der Waals surface area contributed by atoms with Gasteiger partial charge in [-0.2, -0.15) is 0 Å². The minimum atomic E-state index is 0.292. The summed E-state index contributed by atoms with van der Waals surface area (Å²) in [6.07, 6.45) is 50.4. The van der Waals surface area contributed by atoms with Crippen LogP contribution in [0, 0.1) is 0 Å². The second-order valence-electron chi connectivity index (χ2n) is 18.4. The third-order valence-corrected chi connectivity index (χ3v) is 13.2. The monoisotopic (exact) mass is 785 g/mol. The Labute approximate surface area is 351 Å². The molecule has 330 valence electrons. The molecule has 0 amide bonds. The summed E-state index contributed by atoms with van der Waals surface area (Å²) in [6.45, 7) is 15.3. The zero-order chi connectivity index (χ0) is 40.2. The summed E-state index contributed by atoms with van der Waals surface area (Å²) in [5, 5.41) is 9.76. The second kappa shape index (κ2) is 37.0. The van der Waals surface area contributed by atoms with Gasteiger partial charge in [-0.1, -0.05) is 161 Å². The molecule has 0 bridgehead atoms. The highest BCUT2D eigenvalue weighted by atomic mass is 16.5. The minimum absolute atomic E-state index is 0.292. The maximum atomic E-state index is 9.76. The van der Waals surface area contributed by atoms with Crippen LogP contribution in [-0.4, -0.2) is 60.3 Å². The molecule has 2 rings (SSSR count). The van der Waals surface area contributed by atoms with Gasteiger partial charge in [-0.05, 0) is 122 Å². The quantitative estimate of drug-likeness (QED) is 0.0494. The van der Waals surface area contributed by atoms with Crippen molar-refractivity contribution >= 4 is 0 Å². The molecule has 0 aromatic heterocycles. The molecule has 1 unspecified atom stereocenters. The van der Waals surface area contributed by atoms with Crippen LogP contribution in [-0.2, 0) is 4.74 Å². The molecule has 2 aliphatic carbocycles. The van der Waals surface area contributed by atoms with Crippen LogP contribution in [0.1, 0.15) is 265 Å². The lowest BCUT2D eigenvalue weighted by molar-refractivity contribution is 0.107. The first-order valence-electron chi connectivity index (χ1n) is 25.8. The predicted octanol–water partition coefficient (Wildman–Crippen LogP) is 16.0. The zero-order valence-electron chi connectivity index (χ0n) is 38.7. The summed E-state index contributed by atoms with van der Waals surface area (Å²) in [5.41, 5.74) is 5.22. The fourth-order valence-electron chi connectivity index (χ4n) is 9.00. The lowest BCUT2D eigenvalue weighted by atomic mass is 9.88. The van der Waals surface area contributed by atoms with E-state index in [9.17, 15) is 5.11 Å². The Bertz CT molecular complexity index is 915. The van der Waals surface area contributed by atoms with Crippen LogP contribution in [0.5, 0.6) is 0 Å². The highest BCUT2D eigenvalue weighted by Gasteiger charge is 2.20. The summed E-state index contributed by atoms with van der Waals surface area (Å²) < 4.78 is 6.57. The van der Waals surface area contributed by atoms with Gasteiger partial charge in [0, 0.05) is 31.8 Å². The van der Waals surface area contributed by atoms with Crippen molar-refractivity contribution in [3.63, 3.8) is 0 Å². The highest BCUT2D eigenvalue weighted by Crippen LogP contribution is 2.34. The Morgan fingerprint density at radius 3 is 1.34 bits per heavy atom. The van der Waals surface area contributed by atoms with Gasteiger partial charge in [-0.15, -0.1) is 0 Å². The third-order valence-electron chi connectivity index (χ3n) is 13.2. The summed E-state index contributed by atoms with van der Waals surface area (Å²) in [6, 6.07) is 0. The average molecular weight is 785 g/mol. The Kier molecular flexibility index (Phi) is 33.8. The fraction of sp³-hybridized carbons (Fsp3) is 0.923. The van der Waals surface area contributed by atoms with Crippen molar-refractivity contribution in [2.24, 2.45) is 0 Å². The smallest absolute Gasteiger partial charge is 0.0955 e. The molecule has 4 heteroatoms. The zero-order valence-corrected chi connectivity index (χ0v) is 38.7. The number of nitrogens with zero attached hydrogens (tertiary/aromatic N) is 2. The molecule has 1 atom stereocenters. The maximum Gasteiger partial charge on any atom is 0.0955 e. The van der Waals surface area contributed by atoms with E-state index in [4.69, 9.17) is 4.74 Å². The van der Waals surface area contributed by atoms with Crippen molar-refractivity contribution in [1.82, 2.24) is 9.80 Å². The average Bonchev–Trinajstić information content (AvgIpc) is 3.15. The van der Waals surface area contributed by atoms with Gasteiger partial charge < -0.3 is 19.6 Å². The van der Waals surface area contributed by atoms with Crippen LogP contribution in [0.15, 0.2) is 22.6 Å². The van der Waals surface area contributed by atoms with Gasteiger partial charge in [0.05, 0.1) is 18.5 Å². The van der Waals surface area contributed by atoms with Crippen LogP contribution in [0.3, 0.4) is 0 Å². The molecule has 0 spiro atoms. The lowest BCUT2D eigenvalue weighted by Crippen LogP contribution is -2.29. The molecule has 0 radical (unpaired) electrons. The molecule has 56 heavy (non-hydrogen) atoms. The number of hydrogen-bond acceptors (Lipinski definition) is 4. The Balaban J connectivity index is 1.61. The van der Waals surface area contributed by atoms with Gasteiger partial charge >= 0.3 is 0 Å². The predicted molar refractivity (Wildman–Crippen MR) is 248 cm³/mol. The topological polar surface area (TPSA) is 35.9 Å². The van der Waals surface area contributed by atoms with E-state index in [1.165, 1.54) is 250 Å². The number of ether oxygens (including phenoxy) is 1. The fourth-order valence-corrected chi connectivity index (χ4v) is 9.00. The number of hydrogen-bond donors (Lipinski definition) is 1. The van der Waals surface area contributed by atoms with Crippen LogP contribution in [0.4, 0.5) is 0 Å². The van der Waals surface area contributed by atoms with E-state index >= 15 is 0 Å². The molecular weight excluding hydrogens is 685 g/mol. The molecule has 2 saturated carbocycles. The Hall–Kier alpha value is -1.00. The van der Waals surface area contributed by atoms with Crippen molar-refractivity contribution < 1.29 is 9.84 Å². The lowest BCUT2D eigenvalue weighted by Gasteiger charge is -2.33. The standard InChI is InChI=1S/C52H100N2O2/c1-5-8-11-14-19-26-35-48(4)56-52(50-38-34-39-50)41-28-21-18-23-30-43-53(46-47-55)42-29-22-17-20-27-40-51(49-36-33-37-49)54(44-31-24-15-12-9-6-2)45-32-25-16-13-10-7-3/h48,55H,5-47H2,1-4H3. The van der Waals surface area contributed by atoms with Crippen LogP contribution in [0.2, 0.25) is 0 Å². The molecule has 2 fully saturated rings. The first kappa shape index (κ1) is 51.1. The Morgan fingerprint density at radius 2 is 0.893 bits per heavy atom. The third kappa shape index (κ3) is 26.2. The van der Waals surface area contributed by atoms with Gasteiger partial charge in [0.2, 0.25) is 0 Å². The first-order chi connectivity index (χ1) is 27.6. The molecule has 0 saturated heterocycles. The summed E-state index contributed by atoms with van der Waals surface area (Å²) in [4.78, 5) is 5.43. The van der Waals surface area contributed by atoms with E-state index in [1.807, 2.05) is 5.57 Å². The van der Waals surface area contributed by atoms with Gasteiger partial charge in [0.15, 0.2) is 0 Å². The number of allylic oxidation sites excluding steroid dienone is 4. The molecule has 0 aromatic carbocycles. The molecular formula is C52H100N2O2. The van der Waals surface area contributed by atoms with E-state index in [-0.39, 0.29) is 0 Å². The van der Waals surface area contributed by atoms with Crippen molar-refractivity contribution in [1.29, 1.82) is 0 Å². The van der Waals surface area contributed by atoms with Crippen molar-refractivity contribution in [3.05, 3.63) is 22.6 Å². The van der Waals surface area contributed by atoms with Gasteiger partial charge in [0.1, 0.15) is 0 Å². The normalized spacial score (nSPS) is 14.6. The van der Waals surface area contributed by atoms with E-state index in [0.717, 1.165) is 26.1 Å². The molecule has 4 nitrogen and oxygen atoms in total. The van der Waals surface area contributed by atoms with E-state index < -0.39 is 0 Å². The molecule has 0 heterocycles. The molecule has 1 N–H and O–H groups in total. The summed E-state index contributed by atoms with van der Waals surface area (Å²) >= 11 is 0. The van der Waals surface area contributed by atoms with Gasteiger partial charge in [-0.3, -0.25) is 0 Å². The minimum Gasteiger partial charge on any atom is -0.495 e. The number of aliphatic hydroxyl groups is 1. The molecule has 0 aliphatic heterocycles. The molecule has 0 aromatic rings. The largest absolute Gasteiger partial charge is 0.495 e. The highest BCUT2D eigenvalue weighted by molar-refractivity contribution is 5.19. The Morgan fingerprint density at radius 1 is 0.482 bits per heavy atom. The van der Waals surface area contributed by atoms with Crippen LogP contribution >= 0.6 is 0 Å². The number of rotatable bonds is 42. The second-order valence-corrected chi connectivity index (χ2v) is 18.4. The van der Waals surface area contributed by atoms with Gasteiger partial charge in [-0.25, -0.2) is 0 Å². The van der Waals surface area contributed by atoms with E-state index in [1.54, 1.807) is 11.3 Å². The van der Waals surface area contributed by atoms with Crippen LogP contribution in [0.25, 0.3) is 0 Å². The number of unbranched alkanes of at least 4 members (excludes halogenated alkanes) is 23. The van der Waals surface area contributed by atoms with Crippen LogP contribution < -0.4 is 0 Å². The van der Waals surface area contributed by atoms with E-state index in [2.05, 4.69) is 37.5 Å². The van der Waals surface area contributed by atoms with Crippen molar-refractivity contribution in [2.45, 2.75) is 271 Å².